The first-order valence-electron chi connectivity index (χ1n) is 8.82. The molecule has 0 aliphatic carbocycles. The first-order valence-corrected chi connectivity index (χ1v) is 8.82. The van der Waals surface area contributed by atoms with E-state index in [1.807, 2.05) is 14.0 Å². The van der Waals surface area contributed by atoms with Crippen LogP contribution in [0.25, 0.3) is 0 Å². The highest BCUT2D eigenvalue weighted by atomic mass is 127. The molecule has 0 saturated carbocycles. The molecule has 24 heavy (non-hydrogen) atoms. The number of nitrogens with one attached hydrogen (secondary N) is 1. The van der Waals surface area contributed by atoms with Gasteiger partial charge in [-0.2, -0.15) is 0 Å². The third-order valence-electron chi connectivity index (χ3n) is 4.03. The van der Waals surface area contributed by atoms with E-state index in [-0.39, 0.29) is 29.9 Å². The van der Waals surface area contributed by atoms with E-state index in [2.05, 4.69) is 22.3 Å². The van der Waals surface area contributed by atoms with Gasteiger partial charge in [-0.25, -0.2) is 0 Å². The minimum absolute atomic E-state index is 0. The van der Waals surface area contributed by atoms with Crippen molar-refractivity contribution in [2.45, 2.75) is 45.4 Å². The fraction of sp³-hybridized carbons (Fsp3) is 0.882. The number of ether oxygens (including phenoxy) is 2. The van der Waals surface area contributed by atoms with Crippen LogP contribution in [-0.4, -0.2) is 63.8 Å². The van der Waals surface area contributed by atoms with Crippen molar-refractivity contribution in [3.05, 3.63) is 0 Å². The second-order valence-electron chi connectivity index (χ2n) is 6.05. The molecule has 1 saturated heterocycles. The van der Waals surface area contributed by atoms with Gasteiger partial charge in [0, 0.05) is 46.1 Å². The number of hydrogen-bond donors (Lipinski definition) is 1. The van der Waals surface area contributed by atoms with E-state index in [0.717, 1.165) is 64.4 Å². The number of aliphatic imine (C=N–C) groups is 1. The van der Waals surface area contributed by atoms with E-state index in [4.69, 9.17) is 9.47 Å². The molecule has 1 N–H and O–H groups in total. The molecule has 1 fully saturated rings. The molecular formula is C17H34IN3O3. The molecular weight excluding hydrogens is 421 g/mol. The minimum atomic E-state index is -0.0801. The normalized spacial score (nSPS) is 17.3. The lowest BCUT2D eigenvalue weighted by Crippen LogP contribution is -2.41. The Kier molecular flexibility index (Phi) is 14.4. The van der Waals surface area contributed by atoms with Crippen LogP contribution in [0.3, 0.4) is 0 Å². The predicted molar refractivity (Wildman–Crippen MR) is 108 cm³/mol. The molecule has 1 aliphatic heterocycles. The summed E-state index contributed by atoms with van der Waals surface area (Å²) in [5.41, 5.74) is 0. The van der Waals surface area contributed by atoms with Crippen molar-refractivity contribution >= 4 is 35.9 Å². The molecule has 0 aromatic rings. The Hall–Kier alpha value is -0.570. The number of halogens is 1. The Morgan fingerprint density at radius 3 is 2.71 bits per heavy atom. The lowest BCUT2D eigenvalue weighted by atomic mass is 10.1. The van der Waals surface area contributed by atoms with Crippen LogP contribution in [0.15, 0.2) is 4.99 Å². The molecule has 1 heterocycles. The number of hydrogen-bond acceptors (Lipinski definition) is 4. The van der Waals surface area contributed by atoms with Crippen LogP contribution in [0, 0.1) is 5.92 Å². The summed E-state index contributed by atoms with van der Waals surface area (Å²) in [6.45, 7) is 5.96. The van der Waals surface area contributed by atoms with Crippen LogP contribution >= 0.6 is 24.0 Å². The van der Waals surface area contributed by atoms with Gasteiger partial charge in [-0.3, -0.25) is 9.79 Å². The Bertz CT molecular complexity index is 361. The maximum absolute atomic E-state index is 11.2. The number of carbonyl (C=O) groups excluding carboxylic acids is 1. The van der Waals surface area contributed by atoms with Gasteiger partial charge in [0.05, 0.1) is 13.2 Å². The molecule has 1 unspecified atom stereocenters. The molecule has 0 aromatic heterocycles. The van der Waals surface area contributed by atoms with Crippen molar-refractivity contribution in [1.82, 2.24) is 10.2 Å². The van der Waals surface area contributed by atoms with Gasteiger partial charge in [-0.05, 0) is 26.2 Å². The van der Waals surface area contributed by atoms with Crippen molar-refractivity contribution < 1.29 is 14.3 Å². The van der Waals surface area contributed by atoms with E-state index in [1.54, 1.807) is 0 Å². The monoisotopic (exact) mass is 455 g/mol. The lowest BCUT2D eigenvalue weighted by Gasteiger charge is -2.24. The van der Waals surface area contributed by atoms with Crippen molar-refractivity contribution in [2.24, 2.45) is 10.9 Å². The molecule has 0 aromatic carbocycles. The SMILES string of the molecule is CCOC(=O)CCCCCCNC(=NC)N(C)CC1CCOC1.I. The molecule has 0 amide bonds. The van der Waals surface area contributed by atoms with Crippen LogP contribution in [0.1, 0.15) is 45.4 Å². The van der Waals surface area contributed by atoms with E-state index in [0.29, 0.717) is 18.9 Å². The van der Waals surface area contributed by atoms with E-state index in [1.165, 1.54) is 0 Å². The quantitative estimate of drug-likeness (QED) is 0.181. The average molecular weight is 455 g/mol. The second kappa shape index (κ2) is 14.7. The zero-order valence-corrected chi connectivity index (χ0v) is 17.7. The summed E-state index contributed by atoms with van der Waals surface area (Å²) in [5, 5.41) is 3.41. The van der Waals surface area contributed by atoms with Crippen LogP contribution in [0.4, 0.5) is 0 Å². The topological polar surface area (TPSA) is 63.2 Å². The number of carbonyl (C=O) groups is 1. The Morgan fingerprint density at radius 1 is 1.33 bits per heavy atom. The molecule has 0 spiro atoms. The van der Waals surface area contributed by atoms with Crippen molar-refractivity contribution in [3.8, 4) is 0 Å². The number of nitrogens with zero attached hydrogens (tertiary/aromatic N) is 2. The molecule has 7 heteroatoms. The summed E-state index contributed by atoms with van der Waals surface area (Å²) < 4.78 is 10.3. The maximum atomic E-state index is 11.2. The molecule has 6 nitrogen and oxygen atoms in total. The van der Waals surface area contributed by atoms with Crippen LogP contribution in [-0.2, 0) is 14.3 Å². The van der Waals surface area contributed by atoms with Crippen molar-refractivity contribution in [2.75, 3.05) is 47.0 Å². The smallest absolute Gasteiger partial charge is 0.305 e. The first-order chi connectivity index (χ1) is 11.2. The Balaban J connectivity index is 0.00000529. The summed E-state index contributed by atoms with van der Waals surface area (Å²) in [7, 11) is 3.90. The van der Waals surface area contributed by atoms with Gasteiger partial charge in [-0.15, -0.1) is 24.0 Å². The van der Waals surface area contributed by atoms with Gasteiger partial charge in [0.25, 0.3) is 0 Å². The highest BCUT2D eigenvalue weighted by Gasteiger charge is 2.18. The van der Waals surface area contributed by atoms with Gasteiger partial charge in [0.1, 0.15) is 0 Å². The molecule has 0 radical (unpaired) electrons. The minimum Gasteiger partial charge on any atom is -0.466 e. The van der Waals surface area contributed by atoms with Gasteiger partial charge in [0.15, 0.2) is 5.96 Å². The lowest BCUT2D eigenvalue weighted by molar-refractivity contribution is -0.143. The number of unbranched alkanes of at least 4 members (excludes halogenated alkanes) is 3. The molecule has 1 atom stereocenters. The van der Waals surface area contributed by atoms with E-state index >= 15 is 0 Å². The predicted octanol–water partition coefficient (Wildman–Crippen LogP) is 2.66. The van der Waals surface area contributed by atoms with Crippen LogP contribution in [0.2, 0.25) is 0 Å². The Morgan fingerprint density at radius 2 is 2.08 bits per heavy atom. The highest BCUT2D eigenvalue weighted by Crippen LogP contribution is 2.13. The van der Waals surface area contributed by atoms with Gasteiger partial charge in [-0.1, -0.05) is 12.8 Å². The van der Waals surface area contributed by atoms with Crippen LogP contribution in [0.5, 0.6) is 0 Å². The third-order valence-corrected chi connectivity index (χ3v) is 4.03. The Labute approximate surface area is 163 Å². The van der Waals surface area contributed by atoms with E-state index < -0.39 is 0 Å². The van der Waals surface area contributed by atoms with Gasteiger partial charge >= 0.3 is 5.97 Å². The molecule has 0 bridgehead atoms. The van der Waals surface area contributed by atoms with Crippen molar-refractivity contribution in [3.63, 3.8) is 0 Å². The number of rotatable bonds is 10. The molecule has 142 valence electrons. The summed E-state index contributed by atoms with van der Waals surface area (Å²) >= 11 is 0. The summed E-state index contributed by atoms with van der Waals surface area (Å²) in [5.74, 6) is 1.48. The zero-order valence-electron chi connectivity index (χ0n) is 15.4. The fourth-order valence-corrected chi connectivity index (χ4v) is 2.77. The third kappa shape index (κ3) is 10.3. The van der Waals surface area contributed by atoms with Crippen LogP contribution < -0.4 is 5.32 Å². The first kappa shape index (κ1) is 23.4. The molecule has 1 rings (SSSR count). The number of guanidine groups is 1. The van der Waals surface area contributed by atoms with Gasteiger partial charge < -0.3 is 19.7 Å². The zero-order chi connectivity index (χ0) is 16.9. The second-order valence-corrected chi connectivity index (χ2v) is 6.05. The largest absolute Gasteiger partial charge is 0.466 e. The standard InChI is InChI=1S/C17H33N3O3.HI/c1-4-23-16(21)9-7-5-6-8-11-19-17(18-2)20(3)13-15-10-12-22-14-15;/h15H,4-14H2,1-3H3,(H,18,19);1H. The van der Waals surface area contributed by atoms with Gasteiger partial charge in [0.2, 0.25) is 0 Å². The van der Waals surface area contributed by atoms with Crippen molar-refractivity contribution in [1.29, 1.82) is 0 Å². The van der Waals surface area contributed by atoms with E-state index in [9.17, 15) is 4.79 Å². The maximum Gasteiger partial charge on any atom is 0.305 e. The molecule has 1 aliphatic rings. The summed E-state index contributed by atoms with van der Waals surface area (Å²) in [6.07, 6.45) is 5.85. The number of esters is 1. The fourth-order valence-electron chi connectivity index (χ4n) is 2.77. The highest BCUT2D eigenvalue weighted by molar-refractivity contribution is 14.0. The summed E-state index contributed by atoms with van der Waals surface area (Å²) in [6, 6.07) is 0. The summed E-state index contributed by atoms with van der Waals surface area (Å²) in [4.78, 5) is 17.7. The average Bonchev–Trinajstić information content (AvgIpc) is 3.03.